The average Bonchev–Trinajstić information content (AvgIpc) is 3.20. The summed E-state index contributed by atoms with van der Waals surface area (Å²) in [7, 11) is 0. The third kappa shape index (κ3) is 9.03. The monoisotopic (exact) mass is 280 g/mol. The van der Waals surface area contributed by atoms with Crippen LogP contribution in [0.4, 0.5) is 0 Å². The van der Waals surface area contributed by atoms with E-state index in [1.807, 2.05) is 0 Å². The SMILES string of the molecule is CCCCCCCC(C)CCC1CC1CCCCCC. The van der Waals surface area contributed by atoms with E-state index >= 15 is 0 Å². The van der Waals surface area contributed by atoms with Gasteiger partial charge in [-0.15, -0.1) is 0 Å². The molecule has 0 radical (unpaired) electrons. The molecule has 120 valence electrons. The molecule has 1 aliphatic carbocycles. The number of unbranched alkanes of at least 4 members (excludes halogenated alkanes) is 7. The standard InChI is InChI=1S/C20H40/c1-4-6-8-10-11-13-18(3)15-16-20-17-19(20)14-12-9-7-5-2/h18-20H,4-17H2,1-3H3. The maximum atomic E-state index is 2.48. The highest BCUT2D eigenvalue weighted by Crippen LogP contribution is 2.46. The minimum atomic E-state index is 0.984. The van der Waals surface area contributed by atoms with Crippen LogP contribution in [0.3, 0.4) is 0 Å². The molecule has 1 saturated carbocycles. The van der Waals surface area contributed by atoms with Gasteiger partial charge >= 0.3 is 0 Å². The molecule has 0 amide bonds. The fraction of sp³-hybridized carbons (Fsp3) is 1.00. The zero-order valence-corrected chi connectivity index (χ0v) is 14.6. The number of hydrogen-bond donors (Lipinski definition) is 0. The number of rotatable bonds is 14. The summed E-state index contributed by atoms with van der Waals surface area (Å²) in [6, 6.07) is 0. The maximum absolute atomic E-state index is 2.48. The third-order valence-corrected chi connectivity index (χ3v) is 5.33. The lowest BCUT2D eigenvalue weighted by Gasteiger charge is -2.11. The van der Waals surface area contributed by atoms with Gasteiger partial charge in [0.05, 0.1) is 0 Å². The Balaban J connectivity index is 1.86. The van der Waals surface area contributed by atoms with Crippen molar-refractivity contribution in [3.8, 4) is 0 Å². The second-order valence-corrected chi connectivity index (χ2v) is 7.49. The second kappa shape index (κ2) is 11.6. The molecule has 0 spiro atoms. The van der Waals surface area contributed by atoms with Crippen molar-refractivity contribution in [3.63, 3.8) is 0 Å². The molecule has 0 bridgehead atoms. The van der Waals surface area contributed by atoms with E-state index in [2.05, 4.69) is 20.8 Å². The van der Waals surface area contributed by atoms with Crippen LogP contribution in [0.25, 0.3) is 0 Å². The predicted molar refractivity (Wildman–Crippen MR) is 92.1 cm³/mol. The summed E-state index contributed by atoms with van der Waals surface area (Å²) in [6.45, 7) is 7.10. The second-order valence-electron chi connectivity index (χ2n) is 7.49. The van der Waals surface area contributed by atoms with E-state index in [0.717, 1.165) is 17.8 Å². The Morgan fingerprint density at radius 3 is 2.00 bits per heavy atom. The largest absolute Gasteiger partial charge is 0.0654 e. The van der Waals surface area contributed by atoms with Crippen LogP contribution in [0.5, 0.6) is 0 Å². The van der Waals surface area contributed by atoms with E-state index in [0.29, 0.717) is 0 Å². The molecule has 0 nitrogen and oxygen atoms in total. The van der Waals surface area contributed by atoms with Crippen molar-refractivity contribution < 1.29 is 0 Å². The smallest absolute Gasteiger partial charge is 0.0383 e. The van der Waals surface area contributed by atoms with Gasteiger partial charge in [-0.2, -0.15) is 0 Å². The van der Waals surface area contributed by atoms with Gasteiger partial charge in [0.25, 0.3) is 0 Å². The lowest BCUT2D eigenvalue weighted by Crippen LogP contribution is -1.96. The third-order valence-electron chi connectivity index (χ3n) is 5.33. The van der Waals surface area contributed by atoms with Gasteiger partial charge in [0.1, 0.15) is 0 Å². The molecule has 0 N–H and O–H groups in total. The van der Waals surface area contributed by atoms with Gasteiger partial charge in [-0.25, -0.2) is 0 Å². The van der Waals surface area contributed by atoms with E-state index in [-0.39, 0.29) is 0 Å². The molecule has 0 aromatic carbocycles. The quantitative estimate of drug-likeness (QED) is 0.291. The van der Waals surface area contributed by atoms with Crippen LogP contribution in [0.2, 0.25) is 0 Å². The highest BCUT2D eigenvalue weighted by Gasteiger charge is 2.35. The molecule has 1 fully saturated rings. The molecule has 0 aromatic heterocycles. The molecule has 1 aliphatic rings. The Morgan fingerprint density at radius 2 is 1.30 bits per heavy atom. The van der Waals surface area contributed by atoms with Gasteiger partial charge in [-0.1, -0.05) is 97.8 Å². The summed E-state index contributed by atoms with van der Waals surface area (Å²) < 4.78 is 0. The molecule has 0 aliphatic heterocycles. The Hall–Kier alpha value is 0. The fourth-order valence-electron chi connectivity index (χ4n) is 3.59. The molecule has 0 heteroatoms. The lowest BCUT2D eigenvalue weighted by molar-refractivity contribution is 0.423. The first-order valence-corrected chi connectivity index (χ1v) is 9.77. The van der Waals surface area contributed by atoms with Crippen molar-refractivity contribution in [2.75, 3.05) is 0 Å². The molecule has 0 aromatic rings. The van der Waals surface area contributed by atoms with Crippen LogP contribution in [0, 0.1) is 17.8 Å². The highest BCUT2D eigenvalue weighted by atomic mass is 14.4. The molecule has 20 heavy (non-hydrogen) atoms. The molecule has 3 unspecified atom stereocenters. The Kier molecular flexibility index (Phi) is 10.5. The summed E-state index contributed by atoms with van der Waals surface area (Å²) in [5, 5.41) is 0. The van der Waals surface area contributed by atoms with Crippen LogP contribution in [-0.4, -0.2) is 0 Å². The van der Waals surface area contributed by atoms with Gasteiger partial charge in [-0.3, -0.25) is 0 Å². The van der Waals surface area contributed by atoms with Crippen LogP contribution < -0.4 is 0 Å². The van der Waals surface area contributed by atoms with Gasteiger partial charge in [0, 0.05) is 0 Å². The molecular weight excluding hydrogens is 240 g/mol. The molecule has 1 rings (SSSR count). The van der Waals surface area contributed by atoms with E-state index < -0.39 is 0 Å². The van der Waals surface area contributed by atoms with E-state index in [1.54, 1.807) is 6.42 Å². The van der Waals surface area contributed by atoms with E-state index in [4.69, 9.17) is 0 Å². The van der Waals surface area contributed by atoms with Crippen molar-refractivity contribution in [1.29, 1.82) is 0 Å². The average molecular weight is 281 g/mol. The zero-order valence-electron chi connectivity index (χ0n) is 14.6. The van der Waals surface area contributed by atoms with Crippen LogP contribution in [0.1, 0.15) is 111 Å². The first-order chi connectivity index (χ1) is 9.77. The summed E-state index contributed by atoms with van der Waals surface area (Å²) in [5.74, 6) is 3.24. The normalized spacial score (nSPS) is 22.9. The predicted octanol–water partition coefficient (Wildman–Crippen LogP) is 7.37. The summed E-state index contributed by atoms with van der Waals surface area (Å²) in [4.78, 5) is 0. The minimum Gasteiger partial charge on any atom is -0.0654 e. The fourth-order valence-corrected chi connectivity index (χ4v) is 3.59. The summed E-state index contributed by atoms with van der Waals surface area (Å²) in [6.07, 6.45) is 20.7. The molecule has 3 atom stereocenters. The van der Waals surface area contributed by atoms with Gasteiger partial charge < -0.3 is 0 Å². The van der Waals surface area contributed by atoms with Crippen LogP contribution >= 0.6 is 0 Å². The van der Waals surface area contributed by atoms with Gasteiger partial charge in [0.2, 0.25) is 0 Å². The van der Waals surface area contributed by atoms with Crippen molar-refractivity contribution >= 4 is 0 Å². The molecule has 0 heterocycles. The van der Waals surface area contributed by atoms with Gasteiger partial charge in [0.15, 0.2) is 0 Å². The Bertz CT molecular complexity index is 206. The molecular formula is C20H40. The topological polar surface area (TPSA) is 0 Å². The van der Waals surface area contributed by atoms with Crippen LogP contribution in [-0.2, 0) is 0 Å². The lowest BCUT2D eigenvalue weighted by atomic mass is 9.95. The Morgan fingerprint density at radius 1 is 0.700 bits per heavy atom. The van der Waals surface area contributed by atoms with Crippen molar-refractivity contribution in [2.45, 2.75) is 111 Å². The van der Waals surface area contributed by atoms with Crippen molar-refractivity contribution in [3.05, 3.63) is 0 Å². The van der Waals surface area contributed by atoms with Gasteiger partial charge in [-0.05, 0) is 30.6 Å². The molecule has 0 saturated heterocycles. The first-order valence-electron chi connectivity index (χ1n) is 9.77. The highest BCUT2D eigenvalue weighted by molar-refractivity contribution is 4.86. The minimum absolute atomic E-state index is 0.984. The maximum Gasteiger partial charge on any atom is -0.0383 e. The van der Waals surface area contributed by atoms with E-state index in [9.17, 15) is 0 Å². The first kappa shape index (κ1) is 18.1. The summed E-state index contributed by atoms with van der Waals surface area (Å²) in [5.41, 5.74) is 0. The number of hydrogen-bond acceptors (Lipinski definition) is 0. The van der Waals surface area contributed by atoms with Crippen LogP contribution in [0.15, 0.2) is 0 Å². The Labute approximate surface area is 129 Å². The van der Waals surface area contributed by atoms with Crippen molar-refractivity contribution in [2.24, 2.45) is 17.8 Å². The zero-order chi connectivity index (χ0) is 14.6. The van der Waals surface area contributed by atoms with Crippen molar-refractivity contribution in [1.82, 2.24) is 0 Å². The summed E-state index contributed by atoms with van der Waals surface area (Å²) >= 11 is 0. The van der Waals surface area contributed by atoms with E-state index in [1.165, 1.54) is 83.5 Å².